The Morgan fingerprint density at radius 1 is 1.16 bits per heavy atom. The lowest BCUT2D eigenvalue weighted by Gasteiger charge is -2.40. The molecule has 1 amide bonds. The van der Waals surface area contributed by atoms with Crippen LogP contribution < -0.4 is 0 Å². The van der Waals surface area contributed by atoms with Gasteiger partial charge in [-0.15, -0.1) is 0 Å². The number of carbonyl (C=O) groups is 2. The SMILES string of the molecule is CCCCCC(=O)n1c(Br)c2c3c(cccc31)C1=CC(C(=O)N(CC)CC)CN(C)C1C2. The zero-order chi connectivity index (χ0) is 23.0. The van der Waals surface area contributed by atoms with Gasteiger partial charge in [-0.25, -0.2) is 0 Å². The molecule has 2 unspecified atom stereocenters. The van der Waals surface area contributed by atoms with Crippen LogP contribution in [0.2, 0.25) is 0 Å². The maximum absolute atomic E-state index is 13.1. The van der Waals surface area contributed by atoms with E-state index in [0.29, 0.717) is 6.42 Å². The van der Waals surface area contributed by atoms with Crippen molar-refractivity contribution in [2.75, 3.05) is 26.7 Å². The molecule has 2 aliphatic rings. The van der Waals surface area contributed by atoms with E-state index in [1.807, 2.05) is 29.4 Å². The Bertz CT molecular complexity index is 1070. The summed E-state index contributed by atoms with van der Waals surface area (Å²) in [5, 5.41) is 1.16. The van der Waals surface area contributed by atoms with Gasteiger partial charge in [-0.2, -0.15) is 0 Å². The highest BCUT2D eigenvalue weighted by atomic mass is 79.9. The molecular formula is C26H34BrN3O2. The lowest BCUT2D eigenvalue weighted by Crippen LogP contribution is -2.47. The Labute approximate surface area is 199 Å². The maximum Gasteiger partial charge on any atom is 0.231 e. The van der Waals surface area contributed by atoms with Crippen LogP contribution in [0.15, 0.2) is 28.9 Å². The molecular weight excluding hydrogens is 466 g/mol. The number of carbonyl (C=O) groups excluding carboxylic acids is 2. The quantitative estimate of drug-likeness (QED) is 0.481. The van der Waals surface area contributed by atoms with Crippen molar-refractivity contribution < 1.29 is 9.59 Å². The van der Waals surface area contributed by atoms with Crippen LogP contribution in [0, 0.1) is 5.92 Å². The lowest BCUT2D eigenvalue weighted by molar-refractivity contribution is -0.134. The number of fused-ring (bicyclic) bond motifs is 2. The predicted molar refractivity (Wildman–Crippen MR) is 134 cm³/mol. The van der Waals surface area contributed by atoms with Gasteiger partial charge < -0.3 is 4.90 Å². The minimum Gasteiger partial charge on any atom is -0.343 e. The second kappa shape index (κ2) is 9.52. The summed E-state index contributed by atoms with van der Waals surface area (Å²) in [6.45, 7) is 8.42. The van der Waals surface area contributed by atoms with Crippen molar-refractivity contribution in [2.45, 2.75) is 58.9 Å². The van der Waals surface area contributed by atoms with Crippen molar-refractivity contribution in [3.05, 3.63) is 40.0 Å². The van der Waals surface area contributed by atoms with E-state index in [2.05, 4.69) is 53.0 Å². The molecule has 0 spiro atoms. The zero-order valence-electron chi connectivity index (χ0n) is 19.7. The third kappa shape index (κ3) is 3.86. The summed E-state index contributed by atoms with van der Waals surface area (Å²) in [6, 6.07) is 6.47. The van der Waals surface area contributed by atoms with Gasteiger partial charge in [0, 0.05) is 37.5 Å². The molecule has 2 aromatic rings. The molecule has 0 bridgehead atoms. The average molecular weight is 500 g/mol. The number of rotatable bonds is 7. The van der Waals surface area contributed by atoms with Gasteiger partial charge in [0.05, 0.1) is 16.0 Å². The smallest absolute Gasteiger partial charge is 0.231 e. The zero-order valence-corrected chi connectivity index (χ0v) is 21.2. The van der Waals surface area contributed by atoms with Crippen molar-refractivity contribution in [2.24, 2.45) is 5.92 Å². The van der Waals surface area contributed by atoms with E-state index in [0.717, 1.165) is 60.8 Å². The largest absolute Gasteiger partial charge is 0.343 e. The highest BCUT2D eigenvalue weighted by molar-refractivity contribution is 9.10. The van der Waals surface area contributed by atoms with E-state index in [1.54, 1.807) is 0 Å². The standard InChI is InChI=1S/C26H34BrN3O2/c1-5-8-9-13-23(31)30-21-12-10-11-18-19-14-17(26(32)29(6-2)7-3)16-28(4)22(19)15-20(24(18)21)25(30)27/h10-12,14,17,22H,5-9,13,15-16H2,1-4H3. The third-order valence-corrected chi connectivity index (χ3v) is 7.96. The minimum atomic E-state index is -0.135. The first kappa shape index (κ1) is 23.2. The molecule has 2 heterocycles. The topological polar surface area (TPSA) is 45.6 Å². The molecule has 0 saturated carbocycles. The van der Waals surface area contributed by atoms with Crippen LogP contribution in [0.3, 0.4) is 0 Å². The van der Waals surface area contributed by atoms with Gasteiger partial charge >= 0.3 is 0 Å². The molecule has 1 aliphatic carbocycles. The van der Waals surface area contributed by atoms with Gasteiger partial charge in [-0.05, 0) is 72.4 Å². The summed E-state index contributed by atoms with van der Waals surface area (Å²) in [5.41, 5.74) is 4.58. The second-order valence-electron chi connectivity index (χ2n) is 9.05. The van der Waals surface area contributed by atoms with Crippen LogP contribution in [-0.4, -0.2) is 58.9 Å². The number of aromatic nitrogens is 1. The Kier molecular flexibility index (Phi) is 6.91. The van der Waals surface area contributed by atoms with Crippen LogP contribution in [0.4, 0.5) is 0 Å². The molecule has 4 rings (SSSR count). The van der Waals surface area contributed by atoms with Gasteiger partial charge in [0.2, 0.25) is 11.8 Å². The van der Waals surface area contributed by atoms with Crippen molar-refractivity contribution in [1.29, 1.82) is 0 Å². The summed E-state index contributed by atoms with van der Waals surface area (Å²) in [7, 11) is 2.12. The number of hydrogen-bond donors (Lipinski definition) is 0. The van der Waals surface area contributed by atoms with E-state index < -0.39 is 0 Å². The molecule has 172 valence electrons. The van der Waals surface area contributed by atoms with Gasteiger partial charge in [-0.3, -0.25) is 19.1 Å². The summed E-state index contributed by atoms with van der Waals surface area (Å²) in [5.74, 6) is 0.223. The second-order valence-corrected chi connectivity index (χ2v) is 9.80. The lowest BCUT2D eigenvalue weighted by atomic mass is 9.79. The van der Waals surface area contributed by atoms with Gasteiger partial charge in [0.1, 0.15) is 0 Å². The number of benzene rings is 1. The molecule has 2 atom stereocenters. The van der Waals surface area contributed by atoms with E-state index in [1.165, 1.54) is 16.7 Å². The first-order valence-electron chi connectivity index (χ1n) is 12.0. The van der Waals surface area contributed by atoms with Crippen LogP contribution in [0.25, 0.3) is 16.5 Å². The molecule has 0 radical (unpaired) electrons. The van der Waals surface area contributed by atoms with Gasteiger partial charge in [0.15, 0.2) is 0 Å². The summed E-state index contributed by atoms with van der Waals surface area (Å²) in [4.78, 5) is 30.5. The maximum atomic E-state index is 13.1. The number of likely N-dealkylation sites (N-methyl/N-ethyl adjacent to an activating group) is 1. The molecule has 6 heteroatoms. The fourth-order valence-corrected chi connectivity index (χ4v) is 6.15. The van der Waals surface area contributed by atoms with Crippen LogP contribution in [0.5, 0.6) is 0 Å². The van der Waals surface area contributed by atoms with Gasteiger partial charge in [0.25, 0.3) is 0 Å². The van der Waals surface area contributed by atoms with E-state index in [4.69, 9.17) is 0 Å². The Morgan fingerprint density at radius 2 is 1.91 bits per heavy atom. The van der Waals surface area contributed by atoms with Crippen LogP contribution >= 0.6 is 15.9 Å². The van der Waals surface area contributed by atoms with Crippen molar-refractivity contribution >= 4 is 44.2 Å². The van der Waals surface area contributed by atoms with E-state index in [9.17, 15) is 9.59 Å². The van der Waals surface area contributed by atoms with E-state index >= 15 is 0 Å². The number of amides is 1. The predicted octanol–water partition coefficient (Wildman–Crippen LogP) is 5.36. The molecule has 0 fully saturated rings. The Hall–Kier alpha value is -1.92. The van der Waals surface area contributed by atoms with Crippen molar-refractivity contribution in [3.63, 3.8) is 0 Å². The number of hydrogen-bond acceptors (Lipinski definition) is 3. The minimum absolute atomic E-state index is 0.135. The molecule has 1 aromatic carbocycles. The number of halogens is 1. The first-order valence-corrected chi connectivity index (χ1v) is 12.8. The molecule has 32 heavy (non-hydrogen) atoms. The molecule has 0 N–H and O–H groups in total. The fraction of sp³-hybridized carbons (Fsp3) is 0.538. The molecule has 0 saturated heterocycles. The Morgan fingerprint density at radius 3 is 2.59 bits per heavy atom. The first-order chi connectivity index (χ1) is 15.4. The monoisotopic (exact) mass is 499 g/mol. The average Bonchev–Trinajstić information content (AvgIpc) is 3.07. The summed E-state index contributed by atoms with van der Waals surface area (Å²) >= 11 is 3.79. The Balaban J connectivity index is 1.79. The number of unbranched alkanes of at least 4 members (excludes halogenated alkanes) is 2. The molecule has 1 aliphatic heterocycles. The van der Waals surface area contributed by atoms with Crippen LogP contribution in [0.1, 0.15) is 62.4 Å². The highest BCUT2D eigenvalue weighted by Crippen LogP contribution is 2.45. The summed E-state index contributed by atoms with van der Waals surface area (Å²) in [6.07, 6.45) is 6.71. The van der Waals surface area contributed by atoms with Crippen molar-refractivity contribution in [3.8, 4) is 0 Å². The van der Waals surface area contributed by atoms with Crippen molar-refractivity contribution in [1.82, 2.24) is 14.4 Å². The van der Waals surface area contributed by atoms with Crippen LogP contribution in [-0.2, 0) is 11.2 Å². The number of nitrogens with zero attached hydrogens (tertiary/aromatic N) is 3. The normalized spacial score (nSPS) is 20.2. The third-order valence-electron chi connectivity index (χ3n) is 7.13. The van der Waals surface area contributed by atoms with E-state index in [-0.39, 0.29) is 23.8 Å². The fourth-order valence-electron chi connectivity index (χ4n) is 5.40. The summed E-state index contributed by atoms with van der Waals surface area (Å²) < 4.78 is 2.77. The highest BCUT2D eigenvalue weighted by Gasteiger charge is 2.38. The molecule has 5 nitrogen and oxygen atoms in total. The molecule has 1 aromatic heterocycles. The van der Waals surface area contributed by atoms with Gasteiger partial charge in [-0.1, -0.05) is 38.0 Å².